The van der Waals surface area contributed by atoms with Gasteiger partial charge < -0.3 is 19.4 Å². The number of nitro groups is 1. The summed E-state index contributed by atoms with van der Waals surface area (Å²) in [5.41, 5.74) is -0.464. The summed E-state index contributed by atoms with van der Waals surface area (Å²) in [5, 5.41) is 22.2. The van der Waals surface area contributed by atoms with Gasteiger partial charge in [0.15, 0.2) is 0 Å². The van der Waals surface area contributed by atoms with Gasteiger partial charge in [-0.25, -0.2) is 0 Å². The van der Waals surface area contributed by atoms with E-state index < -0.39 is 17.2 Å². The van der Waals surface area contributed by atoms with E-state index in [0.29, 0.717) is 0 Å². The summed E-state index contributed by atoms with van der Waals surface area (Å²) in [5.74, 6) is -1.57. The largest absolute Gasteiger partial charge is 0.545 e. The second-order valence-electron chi connectivity index (χ2n) is 6.35. The molecule has 0 heterocycles. The van der Waals surface area contributed by atoms with E-state index >= 15 is 0 Å². The van der Waals surface area contributed by atoms with E-state index in [4.69, 9.17) is 9.47 Å². The number of ether oxygens (including phenoxy) is 2. The standard InChI is InChI=1S/C17H23NO6/c1-11(2)17(23-13-6-4-3-5-7-13)24-15-10-12(16(19)20)8-9-14(15)18(21)22/h8-11,13,17H,3-7H2,1-2H3,(H,19,20)/p-1. The lowest BCUT2D eigenvalue weighted by atomic mass is 9.97. The molecule has 0 aromatic heterocycles. The topological polar surface area (TPSA) is 102 Å². The van der Waals surface area contributed by atoms with Crippen LogP contribution >= 0.6 is 0 Å². The van der Waals surface area contributed by atoms with Crippen molar-refractivity contribution in [2.24, 2.45) is 5.92 Å². The Morgan fingerprint density at radius 3 is 2.46 bits per heavy atom. The molecular formula is C17H22NO6-. The van der Waals surface area contributed by atoms with Crippen molar-refractivity contribution in [2.45, 2.75) is 58.3 Å². The quantitative estimate of drug-likeness (QED) is 0.431. The van der Waals surface area contributed by atoms with Gasteiger partial charge in [0.1, 0.15) is 0 Å². The van der Waals surface area contributed by atoms with E-state index in [1.165, 1.54) is 6.42 Å². The lowest BCUT2D eigenvalue weighted by Gasteiger charge is -2.30. The minimum Gasteiger partial charge on any atom is -0.545 e. The van der Waals surface area contributed by atoms with Crippen LogP contribution in [0.3, 0.4) is 0 Å². The molecule has 1 aromatic rings. The number of hydrogen-bond donors (Lipinski definition) is 0. The number of aromatic carboxylic acids is 1. The summed E-state index contributed by atoms with van der Waals surface area (Å²) >= 11 is 0. The molecule has 24 heavy (non-hydrogen) atoms. The highest BCUT2D eigenvalue weighted by atomic mass is 16.7. The minimum absolute atomic E-state index is 0.0434. The van der Waals surface area contributed by atoms with Crippen molar-refractivity contribution in [3.05, 3.63) is 33.9 Å². The second kappa shape index (κ2) is 8.10. The first-order valence-corrected chi connectivity index (χ1v) is 8.20. The molecule has 1 atom stereocenters. The Bertz CT molecular complexity index is 595. The third-order valence-corrected chi connectivity index (χ3v) is 4.06. The van der Waals surface area contributed by atoms with E-state index in [9.17, 15) is 20.0 Å². The van der Waals surface area contributed by atoms with E-state index in [0.717, 1.165) is 43.9 Å². The van der Waals surface area contributed by atoms with E-state index in [1.54, 1.807) is 0 Å². The minimum atomic E-state index is -1.41. The molecule has 0 spiro atoms. The van der Waals surface area contributed by atoms with E-state index in [2.05, 4.69) is 0 Å². The SMILES string of the molecule is CC(C)C(Oc1cc(C(=O)[O-])ccc1[N+](=O)[O-])OC1CCCCC1. The zero-order valence-electron chi connectivity index (χ0n) is 13.9. The molecule has 1 aliphatic carbocycles. The van der Waals surface area contributed by atoms with Crippen molar-refractivity contribution in [2.75, 3.05) is 0 Å². The van der Waals surface area contributed by atoms with Crippen LogP contribution in [-0.2, 0) is 4.74 Å². The molecule has 1 aliphatic rings. The highest BCUT2D eigenvalue weighted by Crippen LogP contribution is 2.31. The zero-order valence-corrected chi connectivity index (χ0v) is 13.9. The molecule has 1 unspecified atom stereocenters. The average Bonchev–Trinajstić information content (AvgIpc) is 2.54. The van der Waals surface area contributed by atoms with Gasteiger partial charge in [-0.1, -0.05) is 33.1 Å². The molecule has 1 aromatic carbocycles. The first-order chi connectivity index (χ1) is 11.4. The van der Waals surface area contributed by atoms with Crippen molar-refractivity contribution in [1.82, 2.24) is 0 Å². The third kappa shape index (κ3) is 4.67. The second-order valence-corrected chi connectivity index (χ2v) is 6.35. The monoisotopic (exact) mass is 336 g/mol. The number of hydrogen-bond acceptors (Lipinski definition) is 6. The van der Waals surface area contributed by atoms with Crippen molar-refractivity contribution < 1.29 is 24.3 Å². The van der Waals surface area contributed by atoms with Crippen molar-refractivity contribution in [3.8, 4) is 5.75 Å². The third-order valence-electron chi connectivity index (χ3n) is 4.06. The maximum absolute atomic E-state index is 11.2. The van der Waals surface area contributed by atoms with Gasteiger partial charge >= 0.3 is 5.69 Å². The van der Waals surface area contributed by atoms with Crippen LogP contribution in [0.5, 0.6) is 5.75 Å². The Hall–Kier alpha value is -2.15. The summed E-state index contributed by atoms with van der Waals surface area (Å²) in [6.07, 6.45) is 4.64. The Morgan fingerprint density at radius 2 is 1.92 bits per heavy atom. The van der Waals surface area contributed by atoms with Crippen LogP contribution in [0, 0.1) is 16.0 Å². The number of nitrogens with zero attached hydrogens (tertiary/aromatic N) is 1. The number of nitro benzene ring substituents is 1. The van der Waals surface area contributed by atoms with Crippen LogP contribution in [0.25, 0.3) is 0 Å². The average molecular weight is 336 g/mol. The molecule has 7 nitrogen and oxygen atoms in total. The molecule has 2 rings (SSSR count). The fourth-order valence-corrected chi connectivity index (χ4v) is 2.72. The summed E-state index contributed by atoms with van der Waals surface area (Å²) in [4.78, 5) is 21.6. The van der Waals surface area contributed by atoms with Gasteiger partial charge in [-0.3, -0.25) is 10.1 Å². The fraction of sp³-hybridized carbons (Fsp3) is 0.588. The molecule has 0 N–H and O–H groups in total. The van der Waals surface area contributed by atoms with Gasteiger partial charge in [-0.15, -0.1) is 0 Å². The van der Waals surface area contributed by atoms with Gasteiger partial charge in [0.05, 0.1) is 17.0 Å². The van der Waals surface area contributed by atoms with E-state index in [-0.39, 0.29) is 29.0 Å². The Morgan fingerprint density at radius 1 is 1.25 bits per heavy atom. The number of carboxylic acids is 1. The summed E-state index contributed by atoms with van der Waals surface area (Å²) in [6, 6.07) is 3.36. The first kappa shape index (κ1) is 18.2. The number of carbonyl (C=O) groups excluding carboxylic acids is 1. The molecule has 0 bridgehead atoms. The van der Waals surface area contributed by atoms with Crippen LogP contribution in [0.1, 0.15) is 56.3 Å². The number of carboxylic acid groups (broad SMARTS) is 1. The lowest BCUT2D eigenvalue weighted by Crippen LogP contribution is -2.33. The molecule has 0 saturated heterocycles. The van der Waals surface area contributed by atoms with Crippen molar-refractivity contribution in [3.63, 3.8) is 0 Å². The number of carbonyl (C=O) groups is 1. The van der Waals surface area contributed by atoms with Crippen LogP contribution < -0.4 is 9.84 Å². The Balaban J connectivity index is 2.21. The highest BCUT2D eigenvalue weighted by molar-refractivity contribution is 5.87. The Kier molecular flexibility index (Phi) is 6.14. The van der Waals surface area contributed by atoms with Gasteiger partial charge in [0.2, 0.25) is 12.0 Å². The van der Waals surface area contributed by atoms with Crippen molar-refractivity contribution in [1.29, 1.82) is 0 Å². The summed E-state index contributed by atoms with van der Waals surface area (Å²) < 4.78 is 11.7. The first-order valence-electron chi connectivity index (χ1n) is 8.20. The lowest BCUT2D eigenvalue weighted by molar-refractivity contribution is -0.386. The number of rotatable bonds is 7. The maximum atomic E-state index is 11.2. The normalized spacial score (nSPS) is 16.8. The van der Waals surface area contributed by atoms with Crippen LogP contribution in [0.2, 0.25) is 0 Å². The summed E-state index contributed by atoms with van der Waals surface area (Å²) in [7, 11) is 0. The molecule has 7 heteroatoms. The summed E-state index contributed by atoms with van der Waals surface area (Å²) in [6.45, 7) is 3.78. The zero-order chi connectivity index (χ0) is 17.7. The van der Waals surface area contributed by atoms with Gasteiger partial charge in [-0.2, -0.15) is 0 Å². The van der Waals surface area contributed by atoms with Crippen LogP contribution in [0.15, 0.2) is 18.2 Å². The predicted molar refractivity (Wildman–Crippen MR) is 84.6 cm³/mol. The molecule has 0 aliphatic heterocycles. The Labute approximate surface area is 140 Å². The van der Waals surface area contributed by atoms with Gasteiger partial charge in [-0.05, 0) is 25.0 Å². The van der Waals surface area contributed by atoms with Crippen molar-refractivity contribution >= 4 is 11.7 Å². The fourth-order valence-electron chi connectivity index (χ4n) is 2.72. The van der Waals surface area contributed by atoms with Gasteiger partial charge in [0.25, 0.3) is 0 Å². The van der Waals surface area contributed by atoms with Crippen LogP contribution in [0.4, 0.5) is 5.69 Å². The smallest absolute Gasteiger partial charge is 0.311 e. The van der Waals surface area contributed by atoms with E-state index in [1.807, 2.05) is 13.8 Å². The molecule has 1 fully saturated rings. The molecule has 0 radical (unpaired) electrons. The highest BCUT2D eigenvalue weighted by Gasteiger charge is 2.26. The molecular weight excluding hydrogens is 314 g/mol. The predicted octanol–water partition coefficient (Wildman–Crippen LogP) is 2.67. The molecule has 132 valence electrons. The number of benzene rings is 1. The molecule has 1 saturated carbocycles. The van der Waals surface area contributed by atoms with Crippen LogP contribution in [-0.4, -0.2) is 23.3 Å². The van der Waals surface area contributed by atoms with Gasteiger partial charge in [0, 0.05) is 17.5 Å². The maximum Gasteiger partial charge on any atom is 0.311 e. The molecule has 0 amide bonds.